The molecule has 12 heteroatoms. The number of aromatic nitrogens is 4. The topological polar surface area (TPSA) is 100 Å². The lowest BCUT2D eigenvalue weighted by Crippen LogP contribution is -2.36. The molecule has 154 valence electrons. The largest absolute Gasteiger partial charge is 0.497 e. The van der Waals surface area contributed by atoms with E-state index >= 15 is 0 Å². The zero-order valence-corrected chi connectivity index (χ0v) is 16.4. The lowest BCUT2D eigenvalue weighted by Gasteiger charge is -2.09. The zero-order valence-electron chi connectivity index (χ0n) is 15.5. The molecule has 0 bridgehead atoms. The van der Waals surface area contributed by atoms with E-state index in [4.69, 9.17) is 4.74 Å². The Labute approximate surface area is 168 Å². The van der Waals surface area contributed by atoms with E-state index in [1.807, 2.05) is 24.3 Å². The molecule has 0 aliphatic heterocycles. The summed E-state index contributed by atoms with van der Waals surface area (Å²) < 4.78 is 42.9. The van der Waals surface area contributed by atoms with E-state index in [0.29, 0.717) is 29.2 Å². The van der Waals surface area contributed by atoms with E-state index in [-0.39, 0.29) is 6.54 Å². The molecule has 0 aliphatic carbocycles. The minimum absolute atomic E-state index is 0.119. The molecule has 3 rings (SSSR count). The molecule has 3 aromatic rings. The van der Waals surface area contributed by atoms with E-state index in [0.717, 1.165) is 28.0 Å². The predicted octanol–water partition coefficient (Wildman–Crippen LogP) is 2.82. The normalized spacial score (nSPS) is 12.1. The van der Waals surface area contributed by atoms with Crippen molar-refractivity contribution in [3.05, 3.63) is 46.2 Å². The molecule has 0 fully saturated rings. The number of aliphatic imine (C=N–C) groups is 1. The highest BCUT2D eigenvalue weighted by Crippen LogP contribution is 2.29. The summed E-state index contributed by atoms with van der Waals surface area (Å²) in [6.07, 6.45) is -4.44. The van der Waals surface area contributed by atoms with Crippen molar-refractivity contribution < 1.29 is 17.9 Å². The van der Waals surface area contributed by atoms with Gasteiger partial charge in [0.25, 0.3) is 0 Å². The molecule has 0 unspecified atom stereocenters. The summed E-state index contributed by atoms with van der Waals surface area (Å²) in [6, 6.07) is 7.34. The summed E-state index contributed by atoms with van der Waals surface area (Å²) in [5, 5.41) is 14.2. The fourth-order valence-corrected chi connectivity index (χ4v) is 3.05. The fourth-order valence-electron chi connectivity index (χ4n) is 2.31. The van der Waals surface area contributed by atoms with Crippen LogP contribution < -0.4 is 15.4 Å². The van der Waals surface area contributed by atoms with Crippen molar-refractivity contribution in [1.82, 2.24) is 30.8 Å². The molecule has 2 heterocycles. The molecule has 0 atom stereocenters. The molecule has 0 radical (unpaired) electrons. The maximum Gasteiger partial charge on any atom is 0.434 e. The summed E-state index contributed by atoms with van der Waals surface area (Å²) >= 11 is 0.933. The summed E-state index contributed by atoms with van der Waals surface area (Å²) in [7, 11) is 3.15. The Morgan fingerprint density at radius 1 is 1.17 bits per heavy atom. The SMILES string of the molecule is CN=C(NCc1nc(-c2ccc(OC)cc2)n[nH]1)NCc1nc(C(F)(F)F)cs1. The number of methoxy groups -OCH3 is 1. The number of alkyl halides is 3. The van der Waals surface area contributed by atoms with Gasteiger partial charge < -0.3 is 15.4 Å². The Balaban J connectivity index is 1.53. The number of ether oxygens (including phenoxy) is 1. The van der Waals surface area contributed by atoms with Gasteiger partial charge in [-0.2, -0.15) is 18.3 Å². The number of rotatable bonds is 6. The van der Waals surface area contributed by atoms with Gasteiger partial charge in [0.1, 0.15) is 16.6 Å². The van der Waals surface area contributed by atoms with Crippen LogP contribution >= 0.6 is 11.3 Å². The Bertz CT molecular complexity index is 966. The molecule has 0 aliphatic rings. The fraction of sp³-hybridized carbons (Fsp3) is 0.294. The van der Waals surface area contributed by atoms with Crippen LogP contribution in [-0.2, 0) is 19.3 Å². The van der Waals surface area contributed by atoms with Gasteiger partial charge in [-0.05, 0) is 24.3 Å². The maximum atomic E-state index is 12.6. The van der Waals surface area contributed by atoms with Crippen molar-refractivity contribution in [2.24, 2.45) is 4.99 Å². The first-order valence-electron chi connectivity index (χ1n) is 8.41. The first kappa shape index (κ1) is 20.6. The number of hydrogen-bond acceptors (Lipinski definition) is 6. The minimum atomic E-state index is -4.44. The number of halogens is 3. The number of nitrogens with zero attached hydrogens (tertiary/aromatic N) is 4. The van der Waals surface area contributed by atoms with Crippen molar-refractivity contribution in [2.45, 2.75) is 19.3 Å². The average molecular weight is 425 g/mol. The average Bonchev–Trinajstić information content (AvgIpc) is 3.38. The van der Waals surface area contributed by atoms with E-state index in [9.17, 15) is 13.2 Å². The van der Waals surface area contributed by atoms with Crippen LogP contribution in [0, 0.1) is 0 Å². The number of benzene rings is 1. The number of thiazole rings is 1. The maximum absolute atomic E-state index is 12.6. The second-order valence-corrected chi connectivity index (χ2v) is 6.68. The van der Waals surface area contributed by atoms with Crippen LogP contribution in [-0.4, -0.2) is 40.3 Å². The third-order valence-electron chi connectivity index (χ3n) is 3.78. The Kier molecular flexibility index (Phi) is 6.32. The Morgan fingerprint density at radius 3 is 2.52 bits per heavy atom. The highest BCUT2D eigenvalue weighted by atomic mass is 32.1. The molecule has 2 aromatic heterocycles. The van der Waals surface area contributed by atoms with Crippen molar-refractivity contribution >= 4 is 17.3 Å². The number of guanidine groups is 1. The van der Waals surface area contributed by atoms with E-state index < -0.39 is 11.9 Å². The summed E-state index contributed by atoms with van der Waals surface area (Å²) in [6.45, 7) is 0.419. The van der Waals surface area contributed by atoms with Gasteiger partial charge in [-0.3, -0.25) is 10.1 Å². The second kappa shape index (κ2) is 8.90. The number of H-pyrrole nitrogens is 1. The molecule has 0 amide bonds. The first-order valence-corrected chi connectivity index (χ1v) is 9.29. The monoisotopic (exact) mass is 425 g/mol. The van der Waals surface area contributed by atoms with Gasteiger partial charge in [-0.15, -0.1) is 11.3 Å². The first-order chi connectivity index (χ1) is 13.9. The number of hydrogen-bond donors (Lipinski definition) is 3. The second-order valence-electron chi connectivity index (χ2n) is 5.74. The van der Waals surface area contributed by atoms with Gasteiger partial charge in [0.05, 0.1) is 20.2 Å². The Hall–Kier alpha value is -3.15. The highest BCUT2D eigenvalue weighted by molar-refractivity contribution is 7.09. The van der Waals surface area contributed by atoms with Crippen molar-refractivity contribution in [2.75, 3.05) is 14.2 Å². The van der Waals surface area contributed by atoms with Gasteiger partial charge in [-0.25, -0.2) is 9.97 Å². The minimum Gasteiger partial charge on any atom is -0.497 e. The quantitative estimate of drug-likeness (QED) is 0.415. The van der Waals surface area contributed by atoms with Gasteiger partial charge in [0.2, 0.25) is 0 Å². The lowest BCUT2D eigenvalue weighted by molar-refractivity contribution is -0.140. The van der Waals surface area contributed by atoms with Crippen molar-refractivity contribution in [1.29, 1.82) is 0 Å². The van der Waals surface area contributed by atoms with Crippen LogP contribution in [0.1, 0.15) is 16.5 Å². The van der Waals surface area contributed by atoms with Crippen molar-refractivity contribution in [3.63, 3.8) is 0 Å². The van der Waals surface area contributed by atoms with Crippen LogP contribution in [0.5, 0.6) is 5.75 Å². The van der Waals surface area contributed by atoms with Crippen LogP contribution in [0.4, 0.5) is 13.2 Å². The lowest BCUT2D eigenvalue weighted by atomic mass is 10.2. The highest BCUT2D eigenvalue weighted by Gasteiger charge is 2.33. The number of aromatic amines is 1. The molecule has 0 spiro atoms. The predicted molar refractivity (Wildman–Crippen MR) is 103 cm³/mol. The molecule has 8 nitrogen and oxygen atoms in total. The van der Waals surface area contributed by atoms with E-state index in [2.05, 4.69) is 35.8 Å². The van der Waals surface area contributed by atoms with E-state index in [1.54, 1.807) is 14.2 Å². The Morgan fingerprint density at radius 2 is 1.90 bits per heavy atom. The summed E-state index contributed by atoms with van der Waals surface area (Å²) in [5.41, 5.74) is -0.0602. The molecule has 0 saturated carbocycles. The number of nitrogens with one attached hydrogen (secondary N) is 3. The molecule has 3 N–H and O–H groups in total. The van der Waals surface area contributed by atoms with Crippen LogP contribution in [0.25, 0.3) is 11.4 Å². The smallest absolute Gasteiger partial charge is 0.434 e. The molecule has 29 heavy (non-hydrogen) atoms. The van der Waals surface area contributed by atoms with Gasteiger partial charge in [0.15, 0.2) is 17.5 Å². The molecule has 1 aromatic carbocycles. The third kappa shape index (κ3) is 5.44. The molecular weight excluding hydrogens is 407 g/mol. The van der Waals surface area contributed by atoms with Crippen LogP contribution in [0.15, 0.2) is 34.6 Å². The van der Waals surface area contributed by atoms with E-state index in [1.165, 1.54) is 0 Å². The molecule has 0 saturated heterocycles. The van der Waals surface area contributed by atoms with Gasteiger partial charge in [0, 0.05) is 18.0 Å². The van der Waals surface area contributed by atoms with Crippen LogP contribution in [0.2, 0.25) is 0 Å². The van der Waals surface area contributed by atoms with Gasteiger partial charge in [-0.1, -0.05) is 0 Å². The third-order valence-corrected chi connectivity index (χ3v) is 4.62. The van der Waals surface area contributed by atoms with Crippen LogP contribution in [0.3, 0.4) is 0 Å². The summed E-state index contributed by atoms with van der Waals surface area (Å²) in [5.74, 6) is 2.25. The summed E-state index contributed by atoms with van der Waals surface area (Å²) in [4.78, 5) is 12.0. The standard InChI is InChI=1S/C17H18F3N7OS/c1-21-16(23-8-14-24-12(9-29-14)17(18,19)20)22-7-13-25-15(27-26-13)10-3-5-11(28-2)6-4-10/h3-6,9H,7-8H2,1-2H3,(H2,21,22,23)(H,25,26,27). The van der Waals surface area contributed by atoms with Gasteiger partial charge >= 0.3 is 6.18 Å². The van der Waals surface area contributed by atoms with Crippen molar-refractivity contribution in [3.8, 4) is 17.1 Å². The zero-order chi connectivity index (χ0) is 20.9. The molecular formula is C17H18F3N7OS.